The average molecular weight is 253 g/mol. The first-order chi connectivity index (χ1) is 7.26. The van der Waals surface area contributed by atoms with Gasteiger partial charge in [-0.1, -0.05) is 6.58 Å². The highest BCUT2D eigenvalue weighted by Crippen LogP contribution is 2.35. The third kappa shape index (κ3) is 7.56. The van der Waals surface area contributed by atoms with Gasteiger partial charge in [0.25, 0.3) is 0 Å². The topological polar surface area (TPSA) is 96.3 Å². The molecule has 0 aromatic carbocycles. The zero-order valence-corrected chi connectivity index (χ0v) is 10.1. The minimum Gasteiger partial charge on any atom is -0.466 e. The fraction of sp³-hybridized carbons (Fsp3) is 0.625. The predicted molar refractivity (Wildman–Crippen MR) is 56.6 cm³/mol. The first kappa shape index (κ1) is 15.3. The molecule has 0 aliphatic carbocycles. The number of ether oxygens (including phenoxy) is 1. The molecule has 0 spiro atoms. The molecule has 2 N–H and O–H groups in total. The van der Waals surface area contributed by atoms with Crippen molar-refractivity contribution in [3.8, 4) is 0 Å². The van der Waals surface area contributed by atoms with Gasteiger partial charge < -0.3 is 14.5 Å². The van der Waals surface area contributed by atoms with Crippen LogP contribution in [0.15, 0.2) is 12.2 Å². The number of nitrogens with zero attached hydrogens (tertiary/aromatic N) is 1. The van der Waals surface area contributed by atoms with E-state index in [-0.39, 0.29) is 25.3 Å². The zero-order valence-electron chi connectivity index (χ0n) is 9.25. The van der Waals surface area contributed by atoms with Crippen molar-refractivity contribution in [2.24, 2.45) is 0 Å². The van der Waals surface area contributed by atoms with Gasteiger partial charge in [-0.15, -0.1) is 0 Å². The van der Waals surface area contributed by atoms with E-state index in [0.29, 0.717) is 0 Å². The second kappa shape index (κ2) is 6.78. The number of carbonyl (C=O) groups excluding carboxylic acids is 1. The molecule has 7 nitrogen and oxygen atoms in total. The summed E-state index contributed by atoms with van der Waals surface area (Å²) in [7, 11) is -1.50. The molecule has 0 rings (SSSR count). The Balaban J connectivity index is 3.83. The van der Waals surface area contributed by atoms with Crippen LogP contribution in [0.25, 0.3) is 0 Å². The largest absolute Gasteiger partial charge is 0.469 e. The van der Waals surface area contributed by atoms with Crippen LogP contribution in [-0.2, 0) is 18.6 Å². The van der Waals surface area contributed by atoms with Crippen LogP contribution in [0.1, 0.15) is 0 Å². The molecule has 8 heteroatoms. The molecule has 0 saturated heterocycles. The molecule has 0 fully saturated rings. The molecule has 0 amide bonds. The Morgan fingerprint density at radius 3 is 2.50 bits per heavy atom. The van der Waals surface area contributed by atoms with Gasteiger partial charge in [0.05, 0.1) is 13.7 Å². The van der Waals surface area contributed by atoms with Crippen molar-refractivity contribution >= 4 is 13.8 Å². The fourth-order valence-corrected chi connectivity index (χ4v) is 1.25. The van der Waals surface area contributed by atoms with Gasteiger partial charge in [-0.25, -0.2) is 9.36 Å². The normalized spacial score (nSPS) is 11.6. The Hall–Kier alpha value is -0.720. The number of phosphoric acid groups is 1. The summed E-state index contributed by atoms with van der Waals surface area (Å²) in [6, 6.07) is 0. The van der Waals surface area contributed by atoms with Gasteiger partial charge in [0.15, 0.2) is 0 Å². The summed E-state index contributed by atoms with van der Waals surface area (Å²) in [4.78, 5) is 29.4. The first-order valence-electron chi connectivity index (χ1n) is 4.41. The van der Waals surface area contributed by atoms with Gasteiger partial charge in [-0.05, 0) is 7.05 Å². The van der Waals surface area contributed by atoms with Crippen LogP contribution in [0.4, 0.5) is 0 Å². The molecule has 0 aliphatic rings. The predicted octanol–water partition coefficient (Wildman–Crippen LogP) is -0.243. The van der Waals surface area contributed by atoms with Crippen LogP contribution in [0.3, 0.4) is 0 Å². The summed E-state index contributed by atoms with van der Waals surface area (Å²) in [6.45, 7) is 3.89. The number of phosphoric ester groups is 1. The molecule has 0 aromatic rings. The smallest absolute Gasteiger partial charge is 0.466 e. The number of esters is 1. The number of rotatable bonds is 7. The Labute approximate surface area is 93.9 Å². The lowest BCUT2D eigenvalue weighted by atomic mass is 10.3. The van der Waals surface area contributed by atoms with Crippen molar-refractivity contribution < 1.29 is 28.4 Å². The number of methoxy groups -OCH3 is 1. The van der Waals surface area contributed by atoms with Crippen molar-refractivity contribution in [3.05, 3.63) is 12.2 Å². The lowest BCUT2D eigenvalue weighted by Crippen LogP contribution is -2.27. The lowest BCUT2D eigenvalue weighted by Gasteiger charge is -2.16. The minimum atomic E-state index is -4.42. The number of carbonyl (C=O) groups is 1. The third-order valence-electron chi connectivity index (χ3n) is 1.67. The second-order valence-corrected chi connectivity index (χ2v) is 4.40. The summed E-state index contributed by atoms with van der Waals surface area (Å²) in [5.74, 6) is -0.511. The van der Waals surface area contributed by atoms with Crippen LogP contribution in [0.2, 0.25) is 0 Å². The molecule has 0 heterocycles. The van der Waals surface area contributed by atoms with E-state index in [2.05, 4.69) is 15.8 Å². The summed E-state index contributed by atoms with van der Waals surface area (Å²) in [5, 5.41) is 0. The lowest BCUT2D eigenvalue weighted by molar-refractivity contribution is -0.136. The summed E-state index contributed by atoms with van der Waals surface area (Å²) >= 11 is 0. The van der Waals surface area contributed by atoms with E-state index < -0.39 is 13.8 Å². The molecule has 0 aromatic heterocycles. The highest BCUT2D eigenvalue weighted by atomic mass is 31.2. The van der Waals surface area contributed by atoms with Gasteiger partial charge in [0.1, 0.15) is 0 Å². The van der Waals surface area contributed by atoms with Crippen molar-refractivity contribution in [2.45, 2.75) is 0 Å². The maximum Gasteiger partial charge on any atom is 0.469 e. The second-order valence-electron chi connectivity index (χ2n) is 3.16. The Morgan fingerprint density at radius 1 is 1.50 bits per heavy atom. The molecule has 0 bridgehead atoms. The number of hydrogen-bond donors (Lipinski definition) is 2. The standard InChI is InChI=1S/C8H16NO6P/c1-7(8(10)14-3)6-9(2)4-5-15-16(11,12)13/h1,4-6H2,2-3H3,(H2,11,12,13). The molecule has 0 atom stereocenters. The van der Waals surface area contributed by atoms with Crippen LogP contribution in [0, 0.1) is 0 Å². The van der Waals surface area contributed by atoms with E-state index >= 15 is 0 Å². The molecule has 0 unspecified atom stereocenters. The average Bonchev–Trinajstić information content (AvgIpc) is 2.14. The first-order valence-corrected chi connectivity index (χ1v) is 5.94. The van der Waals surface area contributed by atoms with E-state index in [1.54, 1.807) is 11.9 Å². The zero-order chi connectivity index (χ0) is 12.8. The van der Waals surface area contributed by atoms with Gasteiger partial charge in [0, 0.05) is 18.7 Å². The summed E-state index contributed by atoms with van der Waals surface area (Å²) < 4.78 is 19.0. The summed E-state index contributed by atoms with van der Waals surface area (Å²) in [6.07, 6.45) is 0. The SMILES string of the molecule is C=C(CN(C)CCOP(=O)(O)O)C(=O)OC. The number of likely N-dealkylation sites (N-methyl/N-ethyl adjacent to an activating group) is 1. The quantitative estimate of drug-likeness (QED) is 0.367. The van der Waals surface area contributed by atoms with E-state index in [0.717, 1.165) is 0 Å². The van der Waals surface area contributed by atoms with Gasteiger partial charge in [-0.3, -0.25) is 9.42 Å². The van der Waals surface area contributed by atoms with Crippen LogP contribution >= 0.6 is 7.82 Å². The maximum absolute atomic E-state index is 11.0. The highest BCUT2D eigenvalue weighted by Gasteiger charge is 2.14. The van der Waals surface area contributed by atoms with Crippen LogP contribution < -0.4 is 0 Å². The molecular weight excluding hydrogens is 237 g/mol. The Morgan fingerprint density at radius 2 is 2.06 bits per heavy atom. The van der Waals surface area contributed by atoms with E-state index in [9.17, 15) is 9.36 Å². The molecule has 0 saturated carbocycles. The van der Waals surface area contributed by atoms with E-state index in [1.165, 1.54) is 7.11 Å². The molecule has 0 radical (unpaired) electrons. The number of hydrogen-bond acceptors (Lipinski definition) is 5. The van der Waals surface area contributed by atoms with Crippen molar-refractivity contribution in [2.75, 3.05) is 33.9 Å². The van der Waals surface area contributed by atoms with Gasteiger partial charge in [0.2, 0.25) is 0 Å². The molecule has 94 valence electrons. The minimum absolute atomic E-state index is 0.130. The monoisotopic (exact) mass is 253 g/mol. The summed E-state index contributed by atoms with van der Waals surface area (Å²) in [5.41, 5.74) is 0.265. The Kier molecular flexibility index (Phi) is 6.47. The van der Waals surface area contributed by atoms with Gasteiger partial charge in [-0.2, -0.15) is 0 Å². The van der Waals surface area contributed by atoms with Crippen LogP contribution in [-0.4, -0.2) is 54.5 Å². The van der Waals surface area contributed by atoms with E-state index in [1.807, 2.05) is 0 Å². The third-order valence-corrected chi connectivity index (χ3v) is 2.19. The molecule has 0 aliphatic heterocycles. The maximum atomic E-state index is 11.0. The Bertz CT molecular complexity index is 299. The van der Waals surface area contributed by atoms with E-state index in [4.69, 9.17) is 9.79 Å². The fourth-order valence-electron chi connectivity index (χ4n) is 0.929. The molecule has 16 heavy (non-hydrogen) atoms. The van der Waals surface area contributed by atoms with Gasteiger partial charge >= 0.3 is 13.8 Å². The van der Waals surface area contributed by atoms with Crippen molar-refractivity contribution in [3.63, 3.8) is 0 Å². The van der Waals surface area contributed by atoms with Crippen molar-refractivity contribution in [1.29, 1.82) is 0 Å². The molecular formula is C8H16NO6P. The van der Waals surface area contributed by atoms with Crippen LogP contribution in [0.5, 0.6) is 0 Å². The van der Waals surface area contributed by atoms with Crippen molar-refractivity contribution in [1.82, 2.24) is 4.90 Å². The highest BCUT2D eigenvalue weighted by molar-refractivity contribution is 7.46.